The molecule has 0 radical (unpaired) electrons. The SMILES string of the molecule is Cc1cc(NC(=O)NC2(CO)Cc3ccccc3C2)no1. The van der Waals surface area contributed by atoms with Crippen molar-refractivity contribution >= 4 is 11.8 Å². The number of urea groups is 1. The molecule has 0 spiro atoms. The van der Waals surface area contributed by atoms with Crippen LogP contribution in [0.5, 0.6) is 0 Å². The van der Waals surface area contributed by atoms with E-state index < -0.39 is 11.6 Å². The second kappa shape index (κ2) is 5.21. The molecule has 3 N–H and O–H groups in total. The Hall–Kier alpha value is -2.34. The Labute approximate surface area is 122 Å². The molecule has 0 unspecified atom stereocenters. The van der Waals surface area contributed by atoms with Gasteiger partial charge in [-0.25, -0.2) is 4.79 Å². The van der Waals surface area contributed by atoms with Crippen LogP contribution in [0.25, 0.3) is 0 Å². The summed E-state index contributed by atoms with van der Waals surface area (Å²) in [6, 6.07) is 9.20. The molecular weight excluding hydrogens is 270 g/mol. The van der Waals surface area contributed by atoms with Crippen molar-refractivity contribution in [3.8, 4) is 0 Å². The van der Waals surface area contributed by atoms with E-state index in [1.165, 1.54) is 0 Å². The zero-order chi connectivity index (χ0) is 14.9. The van der Waals surface area contributed by atoms with Gasteiger partial charge in [0.25, 0.3) is 0 Å². The van der Waals surface area contributed by atoms with Crippen LogP contribution in [0.2, 0.25) is 0 Å². The molecule has 3 rings (SSSR count). The number of nitrogens with one attached hydrogen (secondary N) is 2. The molecule has 2 amide bonds. The Kier molecular flexibility index (Phi) is 3.39. The topological polar surface area (TPSA) is 87.4 Å². The van der Waals surface area contributed by atoms with Crippen LogP contribution >= 0.6 is 0 Å². The first-order chi connectivity index (χ1) is 10.1. The number of rotatable bonds is 3. The fraction of sp³-hybridized carbons (Fsp3) is 0.333. The number of anilines is 1. The zero-order valence-corrected chi connectivity index (χ0v) is 11.7. The molecule has 0 saturated carbocycles. The number of aliphatic hydroxyl groups excluding tert-OH is 1. The van der Waals surface area contributed by atoms with Crippen molar-refractivity contribution in [1.82, 2.24) is 10.5 Å². The van der Waals surface area contributed by atoms with Crippen LogP contribution in [0, 0.1) is 6.92 Å². The number of hydrogen-bond donors (Lipinski definition) is 3. The van der Waals surface area contributed by atoms with Crippen molar-refractivity contribution in [2.75, 3.05) is 11.9 Å². The van der Waals surface area contributed by atoms with Crippen LogP contribution in [0.1, 0.15) is 16.9 Å². The number of amides is 2. The highest BCUT2D eigenvalue weighted by molar-refractivity contribution is 5.88. The van der Waals surface area contributed by atoms with Gasteiger partial charge < -0.3 is 14.9 Å². The minimum atomic E-state index is -0.660. The number of fused-ring (bicyclic) bond motifs is 1. The van der Waals surface area contributed by atoms with Crippen molar-refractivity contribution in [1.29, 1.82) is 0 Å². The van der Waals surface area contributed by atoms with Crippen LogP contribution in [0.3, 0.4) is 0 Å². The molecule has 1 aliphatic carbocycles. The number of benzene rings is 1. The van der Waals surface area contributed by atoms with E-state index in [4.69, 9.17) is 4.52 Å². The van der Waals surface area contributed by atoms with Gasteiger partial charge >= 0.3 is 6.03 Å². The highest BCUT2D eigenvalue weighted by Gasteiger charge is 2.38. The molecule has 6 heteroatoms. The largest absolute Gasteiger partial charge is 0.394 e. The van der Waals surface area contributed by atoms with E-state index in [1.54, 1.807) is 13.0 Å². The predicted molar refractivity (Wildman–Crippen MR) is 77.1 cm³/mol. The van der Waals surface area contributed by atoms with E-state index in [0.717, 1.165) is 11.1 Å². The highest BCUT2D eigenvalue weighted by atomic mass is 16.5. The van der Waals surface area contributed by atoms with Crippen LogP contribution in [0.4, 0.5) is 10.6 Å². The monoisotopic (exact) mass is 287 g/mol. The van der Waals surface area contributed by atoms with Gasteiger partial charge in [-0.15, -0.1) is 0 Å². The van der Waals surface area contributed by atoms with E-state index in [9.17, 15) is 9.90 Å². The van der Waals surface area contributed by atoms with E-state index in [0.29, 0.717) is 24.4 Å². The molecule has 1 heterocycles. The molecule has 1 aliphatic rings. The van der Waals surface area contributed by atoms with Crippen molar-refractivity contribution < 1.29 is 14.4 Å². The predicted octanol–water partition coefficient (Wildman–Crippen LogP) is 1.63. The Bertz CT molecular complexity index is 641. The van der Waals surface area contributed by atoms with Crippen molar-refractivity contribution in [3.05, 3.63) is 47.2 Å². The number of hydrogen-bond acceptors (Lipinski definition) is 4. The zero-order valence-electron chi connectivity index (χ0n) is 11.7. The van der Waals surface area contributed by atoms with Gasteiger partial charge in [-0.2, -0.15) is 0 Å². The summed E-state index contributed by atoms with van der Waals surface area (Å²) in [7, 11) is 0. The first kappa shape index (κ1) is 13.6. The second-order valence-electron chi connectivity index (χ2n) is 5.46. The summed E-state index contributed by atoms with van der Waals surface area (Å²) in [5.41, 5.74) is 1.65. The van der Waals surface area contributed by atoms with E-state index in [2.05, 4.69) is 15.8 Å². The maximum absolute atomic E-state index is 12.1. The van der Waals surface area contributed by atoms with Gasteiger partial charge in [-0.3, -0.25) is 5.32 Å². The van der Waals surface area contributed by atoms with Gasteiger partial charge in [0.2, 0.25) is 0 Å². The molecule has 0 fully saturated rings. The third-order valence-corrected chi connectivity index (χ3v) is 3.73. The van der Waals surface area contributed by atoms with E-state index >= 15 is 0 Å². The minimum Gasteiger partial charge on any atom is -0.394 e. The minimum absolute atomic E-state index is 0.118. The van der Waals surface area contributed by atoms with Crippen molar-refractivity contribution in [2.24, 2.45) is 0 Å². The number of aromatic nitrogens is 1. The average molecular weight is 287 g/mol. The molecule has 1 aromatic carbocycles. The van der Waals surface area contributed by atoms with Gasteiger partial charge in [0.1, 0.15) is 5.76 Å². The molecule has 2 aromatic rings. The fourth-order valence-electron chi connectivity index (χ4n) is 2.75. The first-order valence-electron chi connectivity index (χ1n) is 6.80. The lowest BCUT2D eigenvalue weighted by atomic mass is 9.97. The summed E-state index contributed by atoms with van der Waals surface area (Å²) in [6.07, 6.45) is 1.23. The summed E-state index contributed by atoms with van der Waals surface area (Å²) in [5, 5.41) is 18.9. The van der Waals surface area contributed by atoms with Gasteiger partial charge in [0.15, 0.2) is 5.82 Å². The van der Waals surface area contributed by atoms with Crippen molar-refractivity contribution in [2.45, 2.75) is 25.3 Å². The Morgan fingerprint density at radius 3 is 2.57 bits per heavy atom. The second-order valence-corrected chi connectivity index (χ2v) is 5.46. The average Bonchev–Trinajstić information content (AvgIpc) is 3.02. The number of nitrogens with zero attached hydrogens (tertiary/aromatic N) is 1. The third-order valence-electron chi connectivity index (χ3n) is 3.73. The quantitative estimate of drug-likeness (QED) is 0.800. The lowest BCUT2D eigenvalue weighted by Gasteiger charge is -2.27. The Morgan fingerprint density at radius 1 is 1.38 bits per heavy atom. The lowest BCUT2D eigenvalue weighted by Crippen LogP contribution is -2.53. The van der Waals surface area contributed by atoms with Crippen LogP contribution < -0.4 is 10.6 Å². The maximum Gasteiger partial charge on any atom is 0.321 e. The normalized spacial score (nSPS) is 15.5. The number of carbonyl (C=O) groups is 1. The van der Waals surface area contributed by atoms with E-state index in [1.807, 2.05) is 24.3 Å². The molecule has 110 valence electrons. The van der Waals surface area contributed by atoms with Crippen LogP contribution in [-0.2, 0) is 12.8 Å². The molecule has 0 bridgehead atoms. The molecule has 21 heavy (non-hydrogen) atoms. The molecule has 0 aliphatic heterocycles. The summed E-state index contributed by atoms with van der Waals surface area (Å²) in [5.74, 6) is 0.976. The Morgan fingerprint density at radius 2 is 2.05 bits per heavy atom. The Balaban J connectivity index is 1.70. The van der Waals surface area contributed by atoms with Gasteiger partial charge in [-0.1, -0.05) is 29.4 Å². The molecule has 6 nitrogen and oxygen atoms in total. The number of aryl methyl sites for hydroxylation is 1. The number of carbonyl (C=O) groups excluding carboxylic acids is 1. The summed E-state index contributed by atoms with van der Waals surface area (Å²) < 4.78 is 4.90. The summed E-state index contributed by atoms with van der Waals surface area (Å²) in [6.45, 7) is 1.63. The summed E-state index contributed by atoms with van der Waals surface area (Å²) >= 11 is 0. The van der Waals surface area contributed by atoms with Gasteiger partial charge in [0.05, 0.1) is 12.1 Å². The van der Waals surface area contributed by atoms with E-state index in [-0.39, 0.29) is 6.61 Å². The van der Waals surface area contributed by atoms with Crippen LogP contribution in [-0.4, -0.2) is 28.4 Å². The maximum atomic E-state index is 12.1. The van der Waals surface area contributed by atoms with Crippen molar-refractivity contribution in [3.63, 3.8) is 0 Å². The highest BCUT2D eigenvalue weighted by Crippen LogP contribution is 2.29. The van der Waals surface area contributed by atoms with Crippen LogP contribution in [0.15, 0.2) is 34.9 Å². The first-order valence-corrected chi connectivity index (χ1v) is 6.80. The smallest absolute Gasteiger partial charge is 0.321 e. The molecule has 0 saturated heterocycles. The number of aliphatic hydroxyl groups is 1. The van der Waals surface area contributed by atoms with Gasteiger partial charge in [-0.05, 0) is 30.9 Å². The fourth-order valence-corrected chi connectivity index (χ4v) is 2.75. The standard InChI is InChI=1S/C15H17N3O3/c1-10-6-13(18-21-10)16-14(20)17-15(9-19)7-11-4-2-3-5-12(11)8-15/h2-6,19H,7-9H2,1H3,(H2,16,17,18,20). The lowest BCUT2D eigenvalue weighted by molar-refractivity contribution is 0.169. The summed E-state index contributed by atoms with van der Waals surface area (Å²) in [4.78, 5) is 12.1. The molecular formula is C15H17N3O3. The molecule has 0 atom stereocenters. The third kappa shape index (κ3) is 2.75. The molecule has 1 aromatic heterocycles. The van der Waals surface area contributed by atoms with Gasteiger partial charge in [0, 0.05) is 6.07 Å².